The van der Waals surface area contributed by atoms with Crippen LogP contribution in [-0.2, 0) is 0 Å². The molecule has 0 aliphatic heterocycles. The second-order valence-electron chi connectivity index (χ2n) is 4.56. The smallest absolute Gasteiger partial charge is 0.144 e. The molecule has 0 saturated heterocycles. The van der Waals surface area contributed by atoms with E-state index in [4.69, 9.17) is 10.5 Å². The number of nitrogen functional groups attached to an aromatic ring is 1. The number of fused-ring (bicyclic) bond motifs is 1. The van der Waals surface area contributed by atoms with Crippen molar-refractivity contribution in [3.63, 3.8) is 0 Å². The van der Waals surface area contributed by atoms with Gasteiger partial charge in [-0.15, -0.1) is 5.10 Å². The molecule has 3 aromatic rings. The van der Waals surface area contributed by atoms with Crippen LogP contribution in [0.3, 0.4) is 0 Å². The third kappa shape index (κ3) is 2.18. The van der Waals surface area contributed by atoms with E-state index in [-0.39, 0.29) is 0 Å². The monoisotopic (exact) mass is 268 g/mol. The molecule has 0 unspecified atom stereocenters. The number of benzene rings is 2. The molecule has 0 bridgehead atoms. The van der Waals surface area contributed by atoms with Gasteiger partial charge in [0.1, 0.15) is 11.3 Å². The van der Waals surface area contributed by atoms with Crippen LogP contribution in [0.1, 0.15) is 13.3 Å². The topological polar surface area (TPSA) is 66.0 Å². The van der Waals surface area contributed by atoms with Crippen LogP contribution in [0.2, 0.25) is 0 Å². The van der Waals surface area contributed by atoms with Gasteiger partial charge in [0.2, 0.25) is 0 Å². The minimum Gasteiger partial charge on any atom is -0.491 e. The van der Waals surface area contributed by atoms with E-state index >= 15 is 0 Å². The van der Waals surface area contributed by atoms with Crippen molar-refractivity contribution < 1.29 is 4.74 Å². The highest BCUT2D eigenvalue weighted by atomic mass is 16.5. The Kier molecular flexibility index (Phi) is 3.25. The zero-order valence-corrected chi connectivity index (χ0v) is 11.3. The lowest BCUT2D eigenvalue weighted by molar-refractivity contribution is 0.319. The predicted octanol–water partition coefficient (Wildman–Crippen LogP) is 2.79. The second kappa shape index (κ2) is 5.21. The number of rotatable bonds is 4. The van der Waals surface area contributed by atoms with Crippen molar-refractivity contribution in [2.75, 3.05) is 12.3 Å². The van der Waals surface area contributed by atoms with Crippen LogP contribution in [-0.4, -0.2) is 21.6 Å². The Bertz CT molecular complexity index is 736. The standard InChI is InChI=1S/C15H16N4O/c1-2-9-20-15-10-11(7-8-12(15)16)19-14-6-4-3-5-13(14)17-18-19/h3-8,10H,2,9,16H2,1H3. The summed E-state index contributed by atoms with van der Waals surface area (Å²) in [6.45, 7) is 2.71. The van der Waals surface area contributed by atoms with Gasteiger partial charge in [-0.1, -0.05) is 24.3 Å². The van der Waals surface area contributed by atoms with Crippen LogP contribution in [0, 0.1) is 0 Å². The van der Waals surface area contributed by atoms with Gasteiger partial charge >= 0.3 is 0 Å². The Labute approximate surface area is 117 Å². The summed E-state index contributed by atoms with van der Waals surface area (Å²) in [4.78, 5) is 0. The molecular formula is C15H16N4O. The van der Waals surface area contributed by atoms with E-state index in [0.717, 1.165) is 23.1 Å². The lowest BCUT2D eigenvalue weighted by Gasteiger charge is -2.10. The van der Waals surface area contributed by atoms with Crippen molar-refractivity contribution in [3.05, 3.63) is 42.5 Å². The highest BCUT2D eigenvalue weighted by molar-refractivity contribution is 5.76. The summed E-state index contributed by atoms with van der Waals surface area (Å²) in [6, 6.07) is 13.5. The van der Waals surface area contributed by atoms with Crippen molar-refractivity contribution in [3.8, 4) is 11.4 Å². The summed E-state index contributed by atoms with van der Waals surface area (Å²) in [6.07, 6.45) is 0.940. The Morgan fingerprint density at radius 1 is 1.20 bits per heavy atom. The number of anilines is 1. The van der Waals surface area contributed by atoms with Crippen LogP contribution >= 0.6 is 0 Å². The lowest BCUT2D eigenvalue weighted by Crippen LogP contribution is -2.02. The molecule has 0 amide bonds. The number of para-hydroxylation sites is 1. The molecule has 5 heteroatoms. The van der Waals surface area contributed by atoms with Gasteiger partial charge in [0.05, 0.1) is 23.5 Å². The van der Waals surface area contributed by atoms with E-state index < -0.39 is 0 Å². The summed E-state index contributed by atoms with van der Waals surface area (Å²) in [5.74, 6) is 0.684. The van der Waals surface area contributed by atoms with E-state index in [1.165, 1.54) is 0 Å². The molecule has 2 aromatic carbocycles. The van der Waals surface area contributed by atoms with E-state index in [0.29, 0.717) is 18.0 Å². The number of ether oxygens (including phenoxy) is 1. The maximum absolute atomic E-state index is 5.93. The third-order valence-corrected chi connectivity index (χ3v) is 3.06. The fourth-order valence-corrected chi connectivity index (χ4v) is 2.05. The number of nitrogens with zero attached hydrogens (tertiary/aromatic N) is 3. The van der Waals surface area contributed by atoms with Gasteiger partial charge in [0.15, 0.2) is 0 Å². The molecule has 0 aliphatic carbocycles. The fourth-order valence-electron chi connectivity index (χ4n) is 2.05. The minimum absolute atomic E-state index is 0.631. The number of hydrogen-bond donors (Lipinski definition) is 1. The number of nitrogens with two attached hydrogens (primary N) is 1. The number of aromatic nitrogens is 3. The average Bonchev–Trinajstić information content (AvgIpc) is 2.90. The molecule has 20 heavy (non-hydrogen) atoms. The normalized spacial score (nSPS) is 10.8. The van der Waals surface area contributed by atoms with E-state index in [9.17, 15) is 0 Å². The van der Waals surface area contributed by atoms with Gasteiger partial charge in [0, 0.05) is 6.07 Å². The highest BCUT2D eigenvalue weighted by Crippen LogP contribution is 2.26. The van der Waals surface area contributed by atoms with Crippen molar-refractivity contribution in [2.45, 2.75) is 13.3 Å². The van der Waals surface area contributed by atoms with Crippen molar-refractivity contribution in [2.24, 2.45) is 0 Å². The molecule has 0 radical (unpaired) electrons. The van der Waals surface area contributed by atoms with Crippen molar-refractivity contribution in [1.29, 1.82) is 0 Å². The first-order valence-electron chi connectivity index (χ1n) is 6.62. The first-order valence-corrected chi connectivity index (χ1v) is 6.62. The maximum atomic E-state index is 5.93. The highest BCUT2D eigenvalue weighted by Gasteiger charge is 2.08. The van der Waals surface area contributed by atoms with Crippen molar-refractivity contribution in [1.82, 2.24) is 15.0 Å². The second-order valence-corrected chi connectivity index (χ2v) is 4.56. The van der Waals surface area contributed by atoms with E-state index in [1.807, 2.05) is 42.5 Å². The molecule has 5 nitrogen and oxygen atoms in total. The minimum atomic E-state index is 0.631. The Morgan fingerprint density at radius 2 is 2.05 bits per heavy atom. The first-order chi connectivity index (χ1) is 9.79. The summed E-state index contributed by atoms with van der Waals surface area (Å²) < 4.78 is 7.44. The SMILES string of the molecule is CCCOc1cc(-n2nnc3ccccc32)ccc1N. The van der Waals surface area contributed by atoms with Crippen LogP contribution in [0.15, 0.2) is 42.5 Å². The Hall–Kier alpha value is -2.56. The van der Waals surface area contributed by atoms with Gasteiger partial charge < -0.3 is 10.5 Å². The molecule has 0 atom stereocenters. The molecule has 0 fully saturated rings. The van der Waals surface area contributed by atoms with Crippen LogP contribution in [0.4, 0.5) is 5.69 Å². The molecule has 3 rings (SSSR count). The van der Waals surface area contributed by atoms with Gasteiger partial charge in [-0.2, -0.15) is 0 Å². The summed E-state index contributed by atoms with van der Waals surface area (Å²) in [5, 5.41) is 8.34. The largest absolute Gasteiger partial charge is 0.491 e. The summed E-state index contributed by atoms with van der Waals surface area (Å²) in [5.41, 5.74) is 9.26. The summed E-state index contributed by atoms with van der Waals surface area (Å²) >= 11 is 0. The molecule has 102 valence electrons. The fraction of sp³-hybridized carbons (Fsp3) is 0.200. The molecule has 0 spiro atoms. The maximum Gasteiger partial charge on any atom is 0.144 e. The van der Waals surface area contributed by atoms with Crippen LogP contribution in [0.25, 0.3) is 16.7 Å². The van der Waals surface area contributed by atoms with Gasteiger partial charge in [-0.25, -0.2) is 4.68 Å². The zero-order valence-electron chi connectivity index (χ0n) is 11.3. The number of hydrogen-bond acceptors (Lipinski definition) is 4. The van der Waals surface area contributed by atoms with Crippen LogP contribution < -0.4 is 10.5 Å². The lowest BCUT2D eigenvalue weighted by atomic mass is 10.2. The summed E-state index contributed by atoms with van der Waals surface area (Å²) in [7, 11) is 0. The van der Waals surface area contributed by atoms with E-state index in [2.05, 4.69) is 17.2 Å². The molecule has 2 N–H and O–H groups in total. The average molecular weight is 268 g/mol. The zero-order chi connectivity index (χ0) is 13.9. The molecule has 0 aliphatic rings. The molecular weight excluding hydrogens is 252 g/mol. The molecule has 0 saturated carbocycles. The Balaban J connectivity index is 2.05. The third-order valence-electron chi connectivity index (χ3n) is 3.06. The van der Waals surface area contributed by atoms with Crippen molar-refractivity contribution >= 4 is 16.7 Å². The van der Waals surface area contributed by atoms with Gasteiger partial charge in [-0.05, 0) is 30.7 Å². The molecule has 1 heterocycles. The Morgan fingerprint density at radius 3 is 2.90 bits per heavy atom. The van der Waals surface area contributed by atoms with Gasteiger partial charge in [0.25, 0.3) is 0 Å². The van der Waals surface area contributed by atoms with Gasteiger partial charge in [-0.3, -0.25) is 0 Å². The van der Waals surface area contributed by atoms with Crippen LogP contribution in [0.5, 0.6) is 5.75 Å². The predicted molar refractivity (Wildman–Crippen MR) is 79.1 cm³/mol. The quantitative estimate of drug-likeness (QED) is 0.739. The van der Waals surface area contributed by atoms with E-state index in [1.54, 1.807) is 4.68 Å². The molecule has 1 aromatic heterocycles. The first kappa shape index (κ1) is 12.5.